The molecular weight excluding hydrogens is 627 g/mol. The molecule has 44 heavy (non-hydrogen) atoms. The Bertz CT molecular complexity index is 2100. The van der Waals surface area contributed by atoms with Crippen molar-refractivity contribution in [2.24, 2.45) is 11.1 Å². The summed E-state index contributed by atoms with van der Waals surface area (Å²) in [5.74, 6) is 3.66. The number of nitrogens with two attached hydrogens (primary N) is 1. The lowest BCUT2D eigenvalue weighted by atomic mass is 9.96. The molecule has 0 amide bonds. The van der Waals surface area contributed by atoms with E-state index in [1.54, 1.807) is 16.8 Å². The molecule has 2 aromatic carbocycles. The van der Waals surface area contributed by atoms with E-state index in [1.165, 1.54) is 28.8 Å². The summed E-state index contributed by atoms with van der Waals surface area (Å²) in [4.78, 5) is 17.1. The molecule has 5 aromatic rings. The molecule has 1 saturated carbocycles. The normalized spacial score (nSPS) is 13.1. The first-order valence-corrected chi connectivity index (χ1v) is 16.7. The zero-order chi connectivity index (χ0) is 31.2. The number of nitrogens with zero attached hydrogens (tertiary/aromatic N) is 3. The second-order valence-electron chi connectivity index (χ2n) is 10.5. The van der Waals surface area contributed by atoms with Gasteiger partial charge in [0.05, 0.1) is 21.8 Å². The predicted octanol–water partition coefficient (Wildman–Crippen LogP) is 5.93. The van der Waals surface area contributed by atoms with Gasteiger partial charge in [-0.15, -0.1) is 22.7 Å². The molecule has 0 atom stereocenters. The third kappa shape index (κ3) is 6.34. The van der Waals surface area contributed by atoms with Gasteiger partial charge in [-0.2, -0.15) is 5.10 Å². The molecule has 0 unspecified atom stereocenters. The van der Waals surface area contributed by atoms with Gasteiger partial charge < -0.3 is 5.11 Å². The second-order valence-corrected chi connectivity index (χ2v) is 14.1. The smallest absolute Gasteiger partial charge is 0.355 e. The van der Waals surface area contributed by atoms with Crippen LogP contribution < -0.4 is 5.14 Å². The van der Waals surface area contributed by atoms with Gasteiger partial charge in [0.15, 0.2) is 5.69 Å². The van der Waals surface area contributed by atoms with Crippen molar-refractivity contribution in [3.63, 3.8) is 0 Å². The first-order chi connectivity index (χ1) is 21.0. The number of carbonyl (C=O) groups is 1. The maximum Gasteiger partial charge on any atom is 0.355 e. The van der Waals surface area contributed by atoms with E-state index in [4.69, 9.17) is 10.2 Å². The van der Waals surface area contributed by atoms with E-state index in [9.17, 15) is 27.1 Å². The number of carboxylic acid groups (broad SMARTS) is 1. The van der Waals surface area contributed by atoms with Crippen molar-refractivity contribution in [2.45, 2.75) is 37.5 Å². The minimum atomic E-state index is -4.25. The third-order valence-corrected chi connectivity index (χ3v) is 9.82. The van der Waals surface area contributed by atoms with Gasteiger partial charge in [-0.3, -0.25) is 0 Å². The van der Waals surface area contributed by atoms with Crippen molar-refractivity contribution < 1.29 is 27.1 Å². The fourth-order valence-corrected chi connectivity index (χ4v) is 6.90. The van der Waals surface area contributed by atoms with Gasteiger partial charge in [0.2, 0.25) is 15.2 Å². The minimum Gasteiger partial charge on any atom is -0.476 e. The highest BCUT2D eigenvalue weighted by Crippen LogP contribution is 2.38. The highest BCUT2D eigenvalue weighted by atomic mass is 32.2. The van der Waals surface area contributed by atoms with Crippen LogP contribution >= 0.6 is 22.7 Å². The lowest BCUT2D eigenvalue weighted by Gasteiger charge is -2.10. The van der Waals surface area contributed by atoms with E-state index in [-0.39, 0.29) is 17.7 Å². The first-order valence-electron chi connectivity index (χ1n) is 13.5. The number of aromatic nitrogens is 3. The van der Waals surface area contributed by atoms with Gasteiger partial charge in [0.25, 0.3) is 0 Å². The number of rotatable bonds is 8. The molecule has 0 spiro atoms. The number of hydrogen-bond donors (Lipinski definition) is 2. The quantitative estimate of drug-likeness (QED) is 0.200. The number of thiazole rings is 1. The average Bonchev–Trinajstić information content (AvgIpc) is 3.31. The molecule has 0 saturated heterocycles. The van der Waals surface area contributed by atoms with Crippen LogP contribution in [0.4, 0.5) is 8.78 Å². The molecule has 1 fully saturated rings. The molecule has 1 aliphatic carbocycles. The van der Waals surface area contributed by atoms with Crippen molar-refractivity contribution in [3.05, 3.63) is 103 Å². The first kappa shape index (κ1) is 29.8. The molecule has 3 N–H and O–H groups in total. The molecule has 3 aromatic heterocycles. The topological polar surface area (TPSA) is 128 Å². The molecule has 13 heteroatoms. The van der Waals surface area contributed by atoms with Crippen molar-refractivity contribution >= 4 is 38.7 Å². The second kappa shape index (κ2) is 11.7. The Labute approximate surface area is 259 Å². The van der Waals surface area contributed by atoms with Crippen molar-refractivity contribution in [1.82, 2.24) is 14.8 Å². The Balaban J connectivity index is 1.51. The van der Waals surface area contributed by atoms with E-state index in [2.05, 4.69) is 16.8 Å². The molecule has 6 rings (SSSR count). The maximum absolute atomic E-state index is 14.9. The zero-order valence-electron chi connectivity index (χ0n) is 23.2. The van der Waals surface area contributed by atoms with Crippen LogP contribution in [0.1, 0.15) is 55.5 Å². The summed E-state index contributed by atoms with van der Waals surface area (Å²) in [7, 11) is -4.25. The Hall–Kier alpha value is -4.22. The van der Waals surface area contributed by atoms with Crippen LogP contribution in [-0.2, 0) is 22.9 Å². The van der Waals surface area contributed by atoms with E-state index in [0.29, 0.717) is 39.9 Å². The number of hydrogen-bond acceptors (Lipinski definition) is 7. The monoisotopic (exact) mass is 650 g/mol. The van der Waals surface area contributed by atoms with E-state index in [0.717, 1.165) is 51.8 Å². The molecule has 1 aliphatic rings. The number of halogens is 2. The number of sulfonamides is 1. The summed E-state index contributed by atoms with van der Waals surface area (Å²) in [6.45, 7) is 1.96. The number of carboxylic acids is 1. The summed E-state index contributed by atoms with van der Waals surface area (Å²) in [6, 6.07) is 12.1. The minimum absolute atomic E-state index is 0.121. The van der Waals surface area contributed by atoms with Gasteiger partial charge in [-0.05, 0) is 80.1 Å². The Morgan fingerprint density at radius 2 is 1.91 bits per heavy atom. The summed E-state index contributed by atoms with van der Waals surface area (Å²) in [5.41, 5.74) is 3.00. The standard InChI is InChI=1S/C31H24F2N4O4S3/c1-17-2-8-22(43-17)9-6-20-15-21(7-10-24(20)32)29-23(12-19-5-11-28(25(33)13-19)44(34,40)41)27(14-18-3-4-18)37(36-29)31-35-26(16-42-31)30(38)39/h2,5,7-8,10-11,13,15-16,18H,3-4,12,14H2,1H3,(H,38,39)(H2,34,40,41). The Morgan fingerprint density at radius 3 is 2.55 bits per heavy atom. The fourth-order valence-electron chi connectivity index (χ4n) is 4.81. The number of primary sulfonamides is 1. The van der Waals surface area contributed by atoms with Gasteiger partial charge in [0, 0.05) is 27.8 Å². The molecule has 0 bridgehead atoms. The van der Waals surface area contributed by atoms with Crippen molar-refractivity contribution in [1.29, 1.82) is 0 Å². The van der Waals surface area contributed by atoms with Crippen LogP contribution in [0, 0.1) is 36.3 Å². The molecular formula is C31H24F2N4O4S3. The molecule has 0 aliphatic heterocycles. The summed E-state index contributed by atoms with van der Waals surface area (Å²) < 4.78 is 55.0. The number of benzene rings is 2. The van der Waals surface area contributed by atoms with Crippen LogP contribution in [0.15, 0.2) is 58.8 Å². The summed E-state index contributed by atoms with van der Waals surface area (Å²) in [6.07, 6.45) is 2.78. The third-order valence-electron chi connectivity index (χ3n) is 7.15. The average molecular weight is 651 g/mol. The predicted molar refractivity (Wildman–Crippen MR) is 164 cm³/mol. The largest absolute Gasteiger partial charge is 0.476 e. The van der Waals surface area contributed by atoms with Crippen LogP contribution in [0.2, 0.25) is 0 Å². The SMILES string of the molecule is Cc1ccc(C#Cc2cc(-c3nn(-c4nc(C(=O)O)cs4)c(CC4CC4)c3Cc3ccc(S(N)(=O)=O)c(F)c3)ccc2F)s1. The van der Waals surface area contributed by atoms with Gasteiger partial charge >= 0.3 is 5.97 Å². The summed E-state index contributed by atoms with van der Waals surface area (Å²) >= 11 is 2.63. The highest BCUT2D eigenvalue weighted by molar-refractivity contribution is 7.89. The van der Waals surface area contributed by atoms with Crippen molar-refractivity contribution in [3.8, 4) is 28.2 Å². The maximum atomic E-state index is 14.9. The lowest BCUT2D eigenvalue weighted by Crippen LogP contribution is -2.14. The molecule has 224 valence electrons. The van der Waals surface area contributed by atoms with E-state index < -0.39 is 32.5 Å². The highest BCUT2D eigenvalue weighted by Gasteiger charge is 2.30. The number of aryl methyl sites for hydroxylation is 1. The fraction of sp³-hybridized carbons (Fsp3) is 0.194. The van der Waals surface area contributed by atoms with Gasteiger partial charge in [-0.25, -0.2) is 36.8 Å². The zero-order valence-corrected chi connectivity index (χ0v) is 25.6. The summed E-state index contributed by atoms with van der Waals surface area (Å²) in [5, 5.41) is 21.3. The van der Waals surface area contributed by atoms with Crippen LogP contribution in [0.5, 0.6) is 0 Å². The van der Waals surface area contributed by atoms with Gasteiger partial charge in [-0.1, -0.05) is 17.9 Å². The van der Waals surface area contributed by atoms with Gasteiger partial charge in [0.1, 0.15) is 16.5 Å². The van der Waals surface area contributed by atoms with Crippen LogP contribution in [0.3, 0.4) is 0 Å². The van der Waals surface area contributed by atoms with E-state index >= 15 is 0 Å². The molecule has 8 nitrogen and oxygen atoms in total. The molecule has 3 heterocycles. The Kier molecular flexibility index (Phi) is 7.93. The van der Waals surface area contributed by atoms with Crippen LogP contribution in [-0.4, -0.2) is 34.3 Å². The molecule has 0 radical (unpaired) electrons. The Morgan fingerprint density at radius 1 is 1.11 bits per heavy atom. The lowest BCUT2D eigenvalue weighted by molar-refractivity contribution is 0.0691. The van der Waals surface area contributed by atoms with Crippen molar-refractivity contribution in [2.75, 3.05) is 0 Å². The number of thiophene rings is 1. The number of aromatic carboxylic acids is 1. The van der Waals surface area contributed by atoms with Crippen LogP contribution in [0.25, 0.3) is 16.4 Å². The van der Waals surface area contributed by atoms with E-state index in [1.807, 2.05) is 19.1 Å².